The van der Waals surface area contributed by atoms with Gasteiger partial charge in [-0.3, -0.25) is 0 Å². The zero-order valence-electron chi connectivity index (χ0n) is 6.69. The van der Waals surface area contributed by atoms with Gasteiger partial charge in [0.25, 0.3) is 0 Å². The maximum absolute atomic E-state index is 5.48. The van der Waals surface area contributed by atoms with Gasteiger partial charge in [-0.2, -0.15) is 0 Å². The van der Waals surface area contributed by atoms with E-state index in [1.807, 2.05) is 18.2 Å². The Morgan fingerprint density at radius 3 is 3.00 bits per heavy atom. The first-order valence-corrected chi connectivity index (χ1v) is 3.83. The van der Waals surface area contributed by atoms with Crippen LogP contribution in [0.15, 0.2) is 24.3 Å². The van der Waals surface area contributed by atoms with Crippen molar-refractivity contribution in [1.29, 1.82) is 0 Å². The highest BCUT2D eigenvalue weighted by Crippen LogP contribution is 2.37. The van der Waals surface area contributed by atoms with Crippen molar-refractivity contribution in [3.8, 4) is 5.75 Å². The van der Waals surface area contributed by atoms with E-state index in [4.69, 9.17) is 9.47 Å². The van der Waals surface area contributed by atoms with Crippen molar-refractivity contribution < 1.29 is 9.47 Å². The molecule has 0 aromatic heterocycles. The molecule has 2 aliphatic rings. The van der Waals surface area contributed by atoms with Gasteiger partial charge in [0.1, 0.15) is 11.9 Å². The molecular weight excluding hydrogens is 154 g/mol. The van der Waals surface area contributed by atoms with Gasteiger partial charge in [-0.1, -0.05) is 18.2 Å². The van der Waals surface area contributed by atoms with Gasteiger partial charge in [0.2, 0.25) is 6.29 Å². The Hall–Kier alpha value is -1.06. The predicted molar refractivity (Wildman–Crippen MR) is 44.5 cm³/mol. The SMILES string of the molecule is N.c1ccc2c(c1)CC1OC1O2. The number of ether oxygens (including phenoxy) is 2. The summed E-state index contributed by atoms with van der Waals surface area (Å²) in [6.07, 6.45) is 1.41. The van der Waals surface area contributed by atoms with Crippen LogP contribution in [0.25, 0.3) is 0 Å². The molecule has 2 heterocycles. The number of rotatable bonds is 0. The molecule has 12 heavy (non-hydrogen) atoms. The van der Waals surface area contributed by atoms with Crippen LogP contribution in [0, 0.1) is 0 Å². The molecule has 3 heteroatoms. The summed E-state index contributed by atoms with van der Waals surface area (Å²) in [7, 11) is 0. The summed E-state index contributed by atoms with van der Waals surface area (Å²) in [5.41, 5.74) is 1.27. The third-order valence-corrected chi connectivity index (χ3v) is 2.17. The van der Waals surface area contributed by atoms with Gasteiger partial charge in [-0.05, 0) is 11.6 Å². The Bertz CT molecular complexity index is 271. The molecule has 0 amide bonds. The van der Waals surface area contributed by atoms with Gasteiger partial charge >= 0.3 is 0 Å². The smallest absolute Gasteiger partial charge is 0.227 e. The Balaban J connectivity index is 0.000000563. The Morgan fingerprint density at radius 1 is 1.25 bits per heavy atom. The van der Waals surface area contributed by atoms with Crippen molar-refractivity contribution in [3.63, 3.8) is 0 Å². The third kappa shape index (κ3) is 0.983. The van der Waals surface area contributed by atoms with Gasteiger partial charge < -0.3 is 15.6 Å². The molecule has 1 fully saturated rings. The van der Waals surface area contributed by atoms with E-state index in [9.17, 15) is 0 Å². The molecule has 2 unspecified atom stereocenters. The highest BCUT2D eigenvalue weighted by Gasteiger charge is 2.45. The number of hydrogen-bond donors (Lipinski definition) is 1. The van der Waals surface area contributed by atoms with E-state index in [1.54, 1.807) is 0 Å². The van der Waals surface area contributed by atoms with E-state index < -0.39 is 0 Å². The van der Waals surface area contributed by atoms with Crippen LogP contribution >= 0.6 is 0 Å². The molecule has 3 N–H and O–H groups in total. The fraction of sp³-hybridized carbons (Fsp3) is 0.333. The van der Waals surface area contributed by atoms with E-state index in [2.05, 4.69) is 6.07 Å². The van der Waals surface area contributed by atoms with Gasteiger partial charge in [0.05, 0.1) is 0 Å². The van der Waals surface area contributed by atoms with Crippen molar-refractivity contribution in [3.05, 3.63) is 29.8 Å². The largest absolute Gasteiger partial charge is 0.462 e. The van der Waals surface area contributed by atoms with Crippen molar-refractivity contribution >= 4 is 0 Å². The molecule has 1 aromatic rings. The van der Waals surface area contributed by atoms with E-state index >= 15 is 0 Å². The van der Waals surface area contributed by atoms with Gasteiger partial charge in [-0.15, -0.1) is 0 Å². The second kappa shape index (κ2) is 2.47. The van der Waals surface area contributed by atoms with Gasteiger partial charge in [-0.25, -0.2) is 0 Å². The second-order valence-electron chi connectivity index (χ2n) is 2.97. The molecule has 0 radical (unpaired) electrons. The highest BCUT2D eigenvalue weighted by molar-refractivity contribution is 5.36. The normalized spacial score (nSPS) is 29.0. The van der Waals surface area contributed by atoms with Gasteiger partial charge in [0.15, 0.2) is 0 Å². The molecule has 0 saturated carbocycles. The minimum absolute atomic E-state index is 0. The molecule has 3 nitrogen and oxygen atoms in total. The van der Waals surface area contributed by atoms with Crippen molar-refractivity contribution in [2.75, 3.05) is 0 Å². The standard InChI is InChI=1S/C9H8O2.H3N/c1-2-4-7-6(3-1)5-8-9(10-7)11-8;/h1-4,8-9H,5H2;1H3. The minimum atomic E-state index is 0. The average Bonchev–Trinajstić information content (AvgIpc) is 2.77. The van der Waals surface area contributed by atoms with Crippen LogP contribution in [0.2, 0.25) is 0 Å². The molecule has 64 valence electrons. The highest BCUT2D eigenvalue weighted by atomic mass is 16.8. The molecule has 0 aliphatic carbocycles. The first-order valence-electron chi connectivity index (χ1n) is 3.83. The van der Waals surface area contributed by atoms with E-state index in [0.29, 0.717) is 6.10 Å². The predicted octanol–water partition coefficient (Wildman–Crippen LogP) is 1.51. The minimum Gasteiger partial charge on any atom is -0.462 e. The zero-order chi connectivity index (χ0) is 7.26. The number of benzene rings is 1. The van der Waals surface area contributed by atoms with Crippen LogP contribution in [0.3, 0.4) is 0 Å². The summed E-state index contributed by atoms with van der Waals surface area (Å²) in [5, 5.41) is 0. The van der Waals surface area contributed by atoms with Crippen molar-refractivity contribution in [2.24, 2.45) is 0 Å². The summed E-state index contributed by atoms with van der Waals surface area (Å²) in [5.74, 6) is 0.992. The van der Waals surface area contributed by atoms with Crippen LogP contribution in [0.5, 0.6) is 5.75 Å². The van der Waals surface area contributed by atoms with Gasteiger partial charge in [0, 0.05) is 6.42 Å². The van der Waals surface area contributed by atoms with E-state index in [-0.39, 0.29) is 12.4 Å². The number of hydrogen-bond acceptors (Lipinski definition) is 3. The van der Waals surface area contributed by atoms with Crippen molar-refractivity contribution in [1.82, 2.24) is 6.15 Å². The van der Waals surface area contributed by atoms with Crippen LogP contribution in [0.4, 0.5) is 0 Å². The van der Waals surface area contributed by atoms with Crippen LogP contribution in [0.1, 0.15) is 5.56 Å². The Morgan fingerprint density at radius 2 is 2.08 bits per heavy atom. The molecule has 2 atom stereocenters. The lowest BCUT2D eigenvalue weighted by Crippen LogP contribution is -2.12. The summed E-state index contributed by atoms with van der Waals surface area (Å²) in [6.45, 7) is 0. The number of para-hydroxylation sites is 1. The molecular formula is C9H11NO2. The Labute approximate surface area is 70.9 Å². The lowest BCUT2D eigenvalue weighted by molar-refractivity contribution is 0.179. The molecule has 1 aromatic carbocycles. The van der Waals surface area contributed by atoms with Crippen LogP contribution in [-0.4, -0.2) is 12.4 Å². The molecule has 2 aliphatic heterocycles. The first-order chi connectivity index (χ1) is 5.43. The lowest BCUT2D eigenvalue weighted by atomic mass is 10.1. The fourth-order valence-corrected chi connectivity index (χ4v) is 1.50. The molecule has 1 saturated heterocycles. The fourth-order valence-electron chi connectivity index (χ4n) is 1.50. The maximum Gasteiger partial charge on any atom is 0.227 e. The zero-order valence-corrected chi connectivity index (χ0v) is 6.69. The monoisotopic (exact) mass is 165 g/mol. The molecule has 0 spiro atoms. The summed E-state index contributed by atoms with van der Waals surface area (Å²) in [4.78, 5) is 0. The quantitative estimate of drug-likeness (QED) is 0.593. The van der Waals surface area contributed by atoms with Crippen LogP contribution < -0.4 is 10.9 Å². The summed E-state index contributed by atoms with van der Waals surface area (Å²) >= 11 is 0. The number of epoxide rings is 1. The second-order valence-corrected chi connectivity index (χ2v) is 2.97. The summed E-state index contributed by atoms with van der Waals surface area (Å²) in [6, 6.07) is 8.10. The lowest BCUT2D eigenvalue weighted by Gasteiger charge is -2.11. The molecule has 3 rings (SSSR count). The van der Waals surface area contributed by atoms with Crippen molar-refractivity contribution in [2.45, 2.75) is 18.8 Å². The number of fused-ring (bicyclic) bond motifs is 2. The van der Waals surface area contributed by atoms with Crippen LogP contribution in [-0.2, 0) is 11.2 Å². The topological polar surface area (TPSA) is 56.8 Å². The maximum atomic E-state index is 5.48. The third-order valence-electron chi connectivity index (χ3n) is 2.17. The first kappa shape index (κ1) is 7.58. The van der Waals surface area contributed by atoms with E-state index in [1.165, 1.54) is 5.56 Å². The summed E-state index contributed by atoms with van der Waals surface area (Å²) < 4.78 is 10.7. The van der Waals surface area contributed by atoms with E-state index in [0.717, 1.165) is 12.2 Å². The average molecular weight is 165 g/mol. The molecule has 0 bridgehead atoms. The Kier molecular flexibility index (Phi) is 1.56.